The van der Waals surface area contributed by atoms with E-state index in [9.17, 15) is 18.3 Å². The van der Waals surface area contributed by atoms with E-state index in [2.05, 4.69) is 4.72 Å². The van der Waals surface area contributed by atoms with Crippen LogP contribution in [0.5, 0.6) is 5.75 Å². The molecule has 0 amide bonds. The molecule has 8 heteroatoms. The lowest BCUT2D eigenvalue weighted by Gasteiger charge is -2.15. The van der Waals surface area contributed by atoms with Crippen molar-refractivity contribution < 1.29 is 28.2 Å². The van der Waals surface area contributed by atoms with E-state index in [1.807, 2.05) is 6.92 Å². The molecule has 2 rings (SSSR count). The number of rotatable bonds is 5. The van der Waals surface area contributed by atoms with Crippen molar-refractivity contribution >= 4 is 16.0 Å². The van der Waals surface area contributed by atoms with Gasteiger partial charge in [0.25, 0.3) is 0 Å². The Morgan fingerprint density at radius 2 is 2.19 bits per heavy atom. The van der Waals surface area contributed by atoms with E-state index in [0.717, 1.165) is 18.6 Å². The number of phenols is 1. The summed E-state index contributed by atoms with van der Waals surface area (Å²) < 4.78 is 32.1. The number of hydrogen-bond acceptors (Lipinski definition) is 5. The zero-order valence-corrected chi connectivity index (χ0v) is 12.3. The molecule has 0 aliphatic carbocycles. The number of sulfonamides is 1. The molecule has 1 fully saturated rings. The van der Waals surface area contributed by atoms with Gasteiger partial charge < -0.3 is 14.9 Å². The van der Waals surface area contributed by atoms with Crippen molar-refractivity contribution in [2.24, 2.45) is 5.92 Å². The van der Waals surface area contributed by atoms with E-state index in [-0.39, 0.29) is 23.5 Å². The highest BCUT2D eigenvalue weighted by Crippen LogP contribution is 2.23. The molecule has 2 unspecified atom stereocenters. The number of carbonyl (C=O) groups is 1. The smallest absolute Gasteiger partial charge is 0.339 e. The molecule has 3 N–H and O–H groups in total. The first-order valence-electron chi connectivity index (χ1n) is 6.49. The van der Waals surface area contributed by atoms with Gasteiger partial charge in [-0.05, 0) is 31.5 Å². The van der Waals surface area contributed by atoms with Crippen LogP contribution in [-0.2, 0) is 14.8 Å². The lowest BCUT2D eigenvalue weighted by Crippen LogP contribution is -2.32. The number of aromatic carboxylic acids is 1. The van der Waals surface area contributed by atoms with Crippen LogP contribution in [0.1, 0.15) is 23.7 Å². The van der Waals surface area contributed by atoms with E-state index in [1.165, 1.54) is 6.07 Å². The number of carboxylic acid groups (broad SMARTS) is 1. The lowest BCUT2D eigenvalue weighted by atomic mass is 10.0. The van der Waals surface area contributed by atoms with Gasteiger partial charge in [-0.15, -0.1) is 0 Å². The molecule has 1 aromatic carbocycles. The largest absolute Gasteiger partial charge is 0.507 e. The van der Waals surface area contributed by atoms with Crippen LogP contribution in [0.25, 0.3) is 0 Å². The molecule has 0 radical (unpaired) electrons. The van der Waals surface area contributed by atoms with Gasteiger partial charge in [0.1, 0.15) is 11.3 Å². The van der Waals surface area contributed by atoms with Crippen molar-refractivity contribution in [2.75, 3.05) is 13.2 Å². The fraction of sp³-hybridized carbons (Fsp3) is 0.462. The Labute approximate surface area is 122 Å². The zero-order valence-electron chi connectivity index (χ0n) is 11.4. The summed E-state index contributed by atoms with van der Waals surface area (Å²) in [6.07, 6.45) is 0.765. The van der Waals surface area contributed by atoms with Crippen LogP contribution in [0, 0.1) is 5.92 Å². The summed E-state index contributed by atoms with van der Waals surface area (Å²) in [5, 5.41) is 18.3. The minimum absolute atomic E-state index is 0.0119. The normalized spacial score (nSPS) is 22.3. The van der Waals surface area contributed by atoms with E-state index in [1.54, 1.807) is 0 Å². The number of hydrogen-bond donors (Lipinski definition) is 3. The molecule has 1 aliphatic rings. The number of ether oxygens (including phenoxy) is 1. The standard InChI is InChI=1S/C13H17NO6S/c1-8-9(4-5-20-8)7-14-21(18,19)10-2-3-12(15)11(6-10)13(16)17/h2-3,6,8-9,14-15H,4-5,7H2,1H3,(H,16,17). The molecule has 116 valence electrons. The average molecular weight is 315 g/mol. The number of aromatic hydroxyl groups is 1. The van der Waals surface area contributed by atoms with Gasteiger partial charge in [-0.25, -0.2) is 17.9 Å². The van der Waals surface area contributed by atoms with Crippen LogP contribution < -0.4 is 4.72 Å². The highest BCUT2D eigenvalue weighted by molar-refractivity contribution is 7.89. The van der Waals surface area contributed by atoms with Crippen molar-refractivity contribution in [3.63, 3.8) is 0 Å². The van der Waals surface area contributed by atoms with Crippen molar-refractivity contribution in [1.29, 1.82) is 0 Å². The summed E-state index contributed by atoms with van der Waals surface area (Å²) in [4.78, 5) is 10.7. The van der Waals surface area contributed by atoms with Gasteiger partial charge in [0.15, 0.2) is 0 Å². The fourth-order valence-electron chi connectivity index (χ4n) is 2.20. The Kier molecular flexibility index (Phi) is 4.50. The molecule has 0 spiro atoms. The quantitative estimate of drug-likeness (QED) is 0.740. The second-order valence-electron chi connectivity index (χ2n) is 4.96. The van der Waals surface area contributed by atoms with Gasteiger partial charge in [0.2, 0.25) is 10.0 Å². The van der Waals surface area contributed by atoms with Gasteiger partial charge in [-0.2, -0.15) is 0 Å². The topological polar surface area (TPSA) is 113 Å². The maximum Gasteiger partial charge on any atom is 0.339 e. The van der Waals surface area contributed by atoms with E-state index >= 15 is 0 Å². The summed E-state index contributed by atoms with van der Waals surface area (Å²) in [5.41, 5.74) is -0.449. The van der Waals surface area contributed by atoms with Crippen molar-refractivity contribution in [3.05, 3.63) is 23.8 Å². The minimum Gasteiger partial charge on any atom is -0.507 e. The first-order valence-corrected chi connectivity index (χ1v) is 7.97. The van der Waals surface area contributed by atoms with E-state index in [0.29, 0.717) is 6.61 Å². The van der Waals surface area contributed by atoms with Gasteiger partial charge in [-0.1, -0.05) is 0 Å². The predicted octanol–water partition coefficient (Wildman–Crippen LogP) is 0.794. The number of nitrogens with one attached hydrogen (secondary N) is 1. The summed E-state index contributed by atoms with van der Waals surface area (Å²) in [5.74, 6) is -1.77. The van der Waals surface area contributed by atoms with Crippen LogP contribution in [0.4, 0.5) is 0 Å². The maximum absolute atomic E-state index is 12.2. The molecule has 1 heterocycles. The average Bonchev–Trinajstić information content (AvgIpc) is 2.82. The second-order valence-corrected chi connectivity index (χ2v) is 6.73. The maximum atomic E-state index is 12.2. The minimum atomic E-state index is -3.82. The molecule has 1 saturated heterocycles. The van der Waals surface area contributed by atoms with Crippen LogP contribution in [0.15, 0.2) is 23.1 Å². The molecular formula is C13H17NO6S. The monoisotopic (exact) mass is 315 g/mol. The molecule has 1 aromatic rings. The van der Waals surface area contributed by atoms with Crippen molar-refractivity contribution in [3.8, 4) is 5.75 Å². The van der Waals surface area contributed by atoms with Crippen molar-refractivity contribution in [1.82, 2.24) is 4.72 Å². The lowest BCUT2D eigenvalue weighted by molar-refractivity contribution is 0.0693. The molecule has 7 nitrogen and oxygen atoms in total. The SMILES string of the molecule is CC1OCCC1CNS(=O)(=O)c1ccc(O)c(C(=O)O)c1. The number of carboxylic acids is 1. The second kappa shape index (κ2) is 6.00. The predicted molar refractivity (Wildman–Crippen MR) is 73.8 cm³/mol. The highest BCUT2D eigenvalue weighted by atomic mass is 32.2. The molecule has 1 aliphatic heterocycles. The Morgan fingerprint density at radius 1 is 1.48 bits per heavy atom. The Bertz CT molecular complexity index is 642. The van der Waals surface area contributed by atoms with Gasteiger partial charge >= 0.3 is 5.97 Å². The molecule has 21 heavy (non-hydrogen) atoms. The van der Waals surface area contributed by atoms with Crippen LogP contribution >= 0.6 is 0 Å². The third-order valence-corrected chi connectivity index (χ3v) is 5.00. The highest BCUT2D eigenvalue weighted by Gasteiger charge is 2.26. The van der Waals surface area contributed by atoms with Crippen molar-refractivity contribution in [2.45, 2.75) is 24.3 Å². The van der Waals surface area contributed by atoms with Crippen LogP contribution in [0.3, 0.4) is 0 Å². The molecular weight excluding hydrogens is 298 g/mol. The third kappa shape index (κ3) is 3.52. The third-order valence-electron chi connectivity index (χ3n) is 3.58. The Balaban J connectivity index is 2.15. The summed E-state index contributed by atoms with van der Waals surface area (Å²) >= 11 is 0. The number of benzene rings is 1. The van der Waals surface area contributed by atoms with Crippen LogP contribution in [0.2, 0.25) is 0 Å². The Hall–Kier alpha value is -1.64. The molecule has 0 bridgehead atoms. The van der Waals surface area contributed by atoms with Gasteiger partial charge in [0.05, 0.1) is 11.0 Å². The van der Waals surface area contributed by atoms with Gasteiger partial charge in [0, 0.05) is 19.1 Å². The summed E-state index contributed by atoms with van der Waals surface area (Å²) in [6, 6.07) is 3.16. The van der Waals surface area contributed by atoms with E-state index < -0.39 is 27.3 Å². The first kappa shape index (κ1) is 15.7. The van der Waals surface area contributed by atoms with E-state index in [4.69, 9.17) is 9.84 Å². The van der Waals surface area contributed by atoms with Crippen LogP contribution in [-0.4, -0.2) is 43.9 Å². The molecule has 2 atom stereocenters. The molecule has 0 saturated carbocycles. The summed E-state index contributed by atoms with van der Waals surface area (Å²) in [7, 11) is -3.82. The first-order chi connectivity index (χ1) is 9.81. The summed E-state index contributed by atoms with van der Waals surface area (Å²) in [6.45, 7) is 2.72. The van der Waals surface area contributed by atoms with Gasteiger partial charge in [-0.3, -0.25) is 0 Å². The molecule has 0 aromatic heterocycles. The zero-order chi connectivity index (χ0) is 15.6. The Morgan fingerprint density at radius 3 is 2.76 bits per heavy atom. The fourth-order valence-corrected chi connectivity index (χ4v) is 3.32.